The second kappa shape index (κ2) is 3.22. The van der Waals surface area contributed by atoms with E-state index in [1.165, 1.54) is 0 Å². The van der Waals surface area contributed by atoms with Crippen LogP contribution in [0.5, 0.6) is 0 Å². The molecular formula is C9H15NO3S. The highest BCUT2D eigenvalue weighted by atomic mass is 32.2. The molecule has 2 bridgehead atoms. The minimum Gasteiger partial charge on any atom is -0.337 e. The molecule has 0 saturated carbocycles. The van der Waals surface area contributed by atoms with Gasteiger partial charge in [-0.15, -0.1) is 0 Å². The number of likely N-dealkylation sites (tertiary alicyclic amines) is 1. The summed E-state index contributed by atoms with van der Waals surface area (Å²) in [5.41, 5.74) is 0. The third-order valence-electron chi connectivity index (χ3n) is 3.09. The van der Waals surface area contributed by atoms with Crippen LogP contribution in [-0.2, 0) is 14.6 Å². The van der Waals surface area contributed by atoms with Crippen LogP contribution in [0.1, 0.15) is 26.2 Å². The molecule has 80 valence electrons. The van der Waals surface area contributed by atoms with Crippen LogP contribution < -0.4 is 0 Å². The van der Waals surface area contributed by atoms with Crippen molar-refractivity contribution < 1.29 is 13.2 Å². The smallest absolute Gasteiger partial charge is 0.222 e. The summed E-state index contributed by atoms with van der Waals surface area (Å²) in [6, 6.07) is -0.0240. The summed E-state index contributed by atoms with van der Waals surface area (Å²) in [7, 11) is -2.86. The highest BCUT2D eigenvalue weighted by Crippen LogP contribution is 2.33. The molecule has 0 radical (unpaired) electrons. The van der Waals surface area contributed by atoms with Crippen molar-refractivity contribution in [2.75, 3.05) is 12.3 Å². The Morgan fingerprint density at radius 1 is 1.50 bits per heavy atom. The number of amides is 1. The van der Waals surface area contributed by atoms with E-state index in [9.17, 15) is 13.2 Å². The van der Waals surface area contributed by atoms with Gasteiger partial charge in [-0.25, -0.2) is 8.42 Å². The SMILES string of the molecule is CCCC(=O)N1CC2CC1CS2(=O)=O. The summed E-state index contributed by atoms with van der Waals surface area (Å²) in [4.78, 5) is 13.3. The van der Waals surface area contributed by atoms with Gasteiger partial charge in [0, 0.05) is 19.0 Å². The van der Waals surface area contributed by atoms with Gasteiger partial charge in [-0.1, -0.05) is 6.92 Å². The van der Waals surface area contributed by atoms with Gasteiger partial charge in [0.15, 0.2) is 9.84 Å². The molecule has 2 fully saturated rings. The Hall–Kier alpha value is -0.580. The molecule has 2 aliphatic heterocycles. The van der Waals surface area contributed by atoms with Crippen LogP contribution in [0.4, 0.5) is 0 Å². The number of nitrogens with zero attached hydrogens (tertiary/aromatic N) is 1. The predicted octanol–water partition coefficient (Wildman–Crippen LogP) is 0.184. The lowest BCUT2D eigenvalue weighted by molar-refractivity contribution is -0.131. The first kappa shape index (κ1) is 9.96. The van der Waals surface area contributed by atoms with Crippen molar-refractivity contribution in [1.29, 1.82) is 0 Å². The molecule has 14 heavy (non-hydrogen) atoms. The first-order valence-electron chi connectivity index (χ1n) is 5.05. The van der Waals surface area contributed by atoms with Gasteiger partial charge in [-0.3, -0.25) is 4.79 Å². The summed E-state index contributed by atoms with van der Waals surface area (Å²) in [5, 5.41) is -0.270. The second-order valence-corrected chi connectivity index (χ2v) is 6.46. The zero-order valence-corrected chi connectivity index (χ0v) is 9.09. The van der Waals surface area contributed by atoms with Crippen molar-refractivity contribution in [3.63, 3.8) is 0 Å². The molecule has 1 amide bonds. The predicted molar refractivity (Wildman–Crippen MR) is 52.6 cm³/mol. The van der Waals surface area contributed by atoms with E-state index in [-0.39, 0.29) is 23.0 Å². The van der Waals surface area contributed by atoms with E-state index in [2.05, 4.69) is 0 Å². The van der Waals surface area contributed by atoms with Crippen LogP contribution in [0.25, 0.3) is 0 Å². The molecule has 5 heteroatoms. The van der Waals surface area contributed by atoms with E-state index >= 15 is 0 Å². The number of fused-ring (bicyclic) bond motifs is 2. The zero-order chi connectivity index (χ0) is 10.3. The molecule has 0 aromatic heterocycles. The van der Waals surface area contributed by atoms with Crippen LogP contribution >= 0.6 is 0 Å². The van der Waals surface area contributed by atoms with Crippen LogP contribution in [0, 0.1) is 0 Å². The topological polar surface area (TPSA) is 54.5 Å². The van der Waals surface area contributed by atoms with Gasteiger partial charge in [0.05, 0.1) is 11.0 Å². The van der Waals surface area contributed by atoms with Gasteiger partial charge in [0.2, 0.25) is 5.91 Å². The van der Waals surface area contributed by atoms with Crippen molar-refractivity contribution in [3.8, 4) is 0 Å². The lowest BCUT2D eigenvalue weighted by Crippen LogP contribution is -2.43. The Balaban J connectivity index is 2.07. The lowest BCUT2D eigenvalue weighted by Gasteiger charge is -2.26. The van der Waals surface area contributed by atoms with Gasteiger partial charge >= 0.3 is 0 Å². The molecule has 2 rings (SSSR count). The number of hydrogen-bond acceptors (Lipinski definition) is 3. The van der Waals surface area contributed by atoms with E-state index in [1.54, 1.807) is 4.90 Å². The molecule has 2 unspecified atom stereocenters. The minimum atomic E-state index is -2.86. The molecule has 0 aromatic rings. The average molecular weight is 217 g/mol. The molecule has 2 heterocycles. The van der Waals surface area contributed by atoms with Crippen LogP contribution in [-0.4, -0.2) is 42.8 Å². The Bertz CT molecular complexity index is 349. The molecule has 4 nitrogen and oxygen atoms in total. The average Bonchev–Trinajstić information content (AvgIpc) is 2.59. The van der Waals surface area contributed by atoms with Crippen molar-refractivity contribution in [3.05, 3.63) is 0 Å². The maximum atomic E-state index is 11.6. The first-order valence-corrected chi connectivity index (χ1v) is 6.77. The Morgan fingerprint density at radius 2 is 2.21 bits per heavy atom. The van der Waals surface area contributed by atoms with Crippen molar-refractivity contribution in [2.45, 2.75) is 37.5 Å². The van der Waals surface area contributed by atoms with E-state index in [0.717, 1.165) is 6.42 Å². The minimum absolute atomic E-state index is 0.0240. The molecule has 0 aromatic carbocycles. The Kier molecular flexibility index (Phi) is 2.29. The van der Waals surface area contributed by atoms with Gasteiger partial charge < -0.3 is 4.90 Å². The van der Waals surface area contributed by atoms with Gasteiger partial charge in [-0.2, -0.15) is 0 Å². The van der Waals surface area contributed by atoms with E-state index in [1.807, 2.05) is 6.92 Å². The van der Waals surface area contributed by atoms with E-state index < -0.39 is 9.84 Å². The molecule has 2 aliphatic rings. The summed E-state index contributed by atoms with van der Waals surface area (Å²) < 4.78 is 22.8. The number of sulfone groups is 1. The fourth-order valence-corrected chi connectivity index (χ4v) is 4.39. The summed E-state index contributed by atoms with van der Waals surface area (Å²) in [5.74, 6) is 0.308. The summed E-state index contributed by atoms with van der Waals surface area (Å²) >= 11 is 0. The fraction of sp³-hybridized carbons (Fsp3) is 0.889. The maximum absolute atomic E-state index is 11.6. The van der Waals surface area contributed by atoms with Crippen molar-refractivity contribution in [2.24, 2.45) is 0 Å². The molecular weight excluding hydrogens is 202 g/mol. The Labute approximate surface area is 84.2 Å². The van der Waals surface area contributed by atoms with E-state index in [0.29, 0.717) is 19.4 Å². The summed E-state index contributed by atoms with van der Waals surface area (Å²) in [6.07, 6.45) is 2.04. The molecule has 0 spiro atoms. The van der Waals surface area contributed by atoms with Crippen LogP contribution in [0.15, 0.2) is 0 Å². The van der Waals surface area contributed by atoms with Gasteiger partial charge in [-0.05, 0) is 12.8 Å². The van der Waals surface area contributed by atoms with Crippen LogP contribution in [0.3, 0.4) is 0 Å². The second-order valence-electron chi connectivity index (χ2n) is 4.14. The number of carbonyl (C=O) groups is 1. The number of hydrogen-bond donors (Lipinski definition) is 0. The number of rotatable bonds is 2. The standard InChI is InChI=1S/C9H15NO3S/c1-2-3-9(11)10-5-8-4-7(10)6-14(8,12)13/h7-8H,2-6H2,1H3. The highest BCUT2D eigenvalue weighted by molar-refractivity contribution is 7.92. The van der Waals surface area contributed by atoms with Gasteiger partial charge in [0.1, 0.15) is 0 Å². The number of carbonyl (C=O) groups excluding carboxylic acids is 1. The molecule has 2 atom stereocenters. The highest BCUT2D eigenvalue weighted by Gasteiger charge is 2.49. The fourth-order valence-electron chi connectivity index (χ4n) is 2.36. The van der Waals surface area contributed by atoms with E-state index in [4.69, 9.17) is 0 Å². The lowest BCUT2D eigenvalue weighted by atomic mass is 10.2. The summed E-state index contributed by atoms with van der Waals surface area (Å²) in [6.45, 7) is 2.40. The first-order chi connectivity index (χ1) is 6.54. The van der Waals surface area contributed by atoms with Crippen molar-refractivity contribution >= 4 is 15.7 Å². The van der Waals surface area contributed by atoms with Crippen molar-refractivity contribution in [1.82, 2.24) is 4.90 Å². The monoisotopic (exact) mass is 217 g/mol. The van der Waals surface area contributed by atoms with Crippen LogP contribution in [0.2, 0.25) is 0 Å². The largest absolute Gasteiger partial charge is 0.337 e. The molecule has 0 N–H and O–H groups in total. The third kappa shape index (κ3) is 1.43. The van der Waals surface area contributed by atoms with Gasteiger partial charge in [0.25, 0.3) is 0 Å². The maximum Gasteiger partial charge on any atom is 0.222 e. The zero-order valence-electron chi connectivity index (χ0n) is 8.27. The normalized spacial score (nSPS) is 33.6. The quantitative estimate of drug-likeness (QED) is 0.663. The third-order valence-corrected chi connectivity index (χ3v) is 5.30. The molecule has 2 saturated heterocycles. The molecule has 0 aliphatic carbocycles. The Morgan fingerprint density at radius 3 is 2.64 bits per heavy atom.